The number of β-amino-alcohol motifs (C(OH)–C–C–N with tert-alkyl or cyclic N) is 1. The van der Waals surface area contributed by atoms with E-state index in [2.05, 4.69) is 15.4 Å². The third kappa shape index (κ3) is 4.05. The lowest BCUT2D eigenvalue weighted by atomic mass is 10.1. The van der Waals surface area contributed by atoms with Crippen LogP contribution in [0.2, 0.25) is 0 Å². The molecule has 164 valence electrons. The maximum atomic E-state index is 13.2. The number of aliphatic hydroxyl groups is 1. The van der Waals surface area contributed by atoms with Gasteiger partial charge in [0.25, 0.3) is 11.5 Å². The Bertz CT molecular complexity index is 1200. The first-order chi connectivity index (χ1) is 14.7. The van der Waals surface area contributed by atoms with Gasteiger partial charge in [-0.05, 0) is 51.8 Å². The number of rotatable bonds is 5. The third-order valence-corrected chi connectivity index (χ3v) is 5.69. The zero-order valence-electron chi connectivity index (χ0n) is 18.3. The van der Waals surface area contributed by atoms with Crippen molar-refractivity contribution in [2.24, 2.45) is 0 Å². The highest BCUT2D eigenvalue weighted by Gasteiger charge is 2.25. The highest BCUT2D eigenvalue weighted by Crippen LogP contribution is 2.27. The van der Waals surface area contributed by atoms with E-state index in [9.17, 15) is 14.7 Å². The van der Waals surface area contributed by atoms with Gasteiger partial charge in [0.1, 0.15) is 5.82 Å². The summed E-state index contributed by atoms with van der Waals surface area (Å²) in [5.41, 5.74) is 3.03. The van der Waals surface area contributed by atoms with Gasteiger partial charge >= 0.3 is 0 Å². The zero-order valence-corrected chi connectivity index (χ0v) is 18.3. The molecule has 1 saturated heterocycles. The molecule has 4 rings (SSSR count). The Labute approximate surface area is 180 Å². The standard InChI is InChI=1S/C22H28N6O3/c1-12(2)28-20-18(10-24-28)16(8-19(26-20)27-6-5-15(29)11-27)21(30)23-9-17-13(3)7-14(4)25-22(17)31/h7-8,10,12,15,29H,5-6,9,11H2,1-4H3,(H,23,30)(H,25,31). The Morgan fingerprint density at radius 1 is 1.35 bits per heavy atom. The number of aryl methyl sites for hydroxylation is 2. The number of aromatic nitrogens is 4. The predicted octanol–water partition coefficient (Wildman–Crippen LogP) is 1.82. The zero-order chi connectivity index (χ0) is 22.3. The minimum absolute atomic E-state index is 0.0779. The van der Waals surface area contributed by atoms with Gasteiger partial charge in [0.15, 0.2) is 5.65 Å². The molecule has 1 aliphatic rings. The molecule has 1 fully saturated rings. The van der Waals surface area contributed by atoms with Crippen LogP contribution >= 0.6 is 0 Å². The highest BCUT2D eigenvalue weighted by atomic mass is 16.3. The van der Waals surface area contributed by atoms with Crippen LogP contribution in [0.1, 0.15) is 53.5 Å². The summed E-state index contributed by atoms with van der Waals surface area (Å²) in [7, 11) is 0. The number of H-pyrrole nitrogens is 1. The molecule has 0 aromatic carbocycles. The molecule has 9 heteroatoms. The number of nitrogens with one attached hydrogen (secondary N) is 2. The second-order valence-electron chi connectivity index (χ2n) is 8.46. The smallest absolute Gasteiger partial charge is 0.253 e. The summed E-state index contributed by atoms with van der Waals surface area (Å²) in [5.74, 6) is 0.344. The molecular weight excluding hydrogens is 396 g/mol. The molecule has 3 aromatic rings. The molecule has 0 saturated carbocycles. The van der Waals surface area contributed by atoms with E-state index in [-0.39, 0.29) is 24.1 Å². The number of aromatic amines is 1. The van der Waals surface area contributed by atoms with Crippen molar-refractivity contribution in [2.45, 2.75) is 52.8 Å². The van der Waals surface area contributed by atoms with Crippen molar-refractivity contribution in [1.29, 1.82) is 0 Å². The van der Waals surface area contributed by atoms with E-state index in [1.54, 1.807) is 16.9 Å². The maximum absolute atomic E-state index is 13.2. The summed E-state index contributed by atoms with van der Waals surface area (Å²) >= 11 is 0. The average Bonchev–Trinajstić information content (AvgIpc) is 3.32. The number of carbonyl (C=O) groups is 1. The largest absolute Gasteiger partial charge is 0.391 e. The van der Waals surface area contributed by atoms with E-state index in [1.165, 1.54) is 0 Å². The van der Waals surface area contributed by atoms with Gasteiger partial charge in [-0.25, -0.2) is 9.67 Å². The van der Waals surface area contributed by atoms with E-state index >= 15 is 0 Å². The van der Waals surface area contributed by atoms with Crippen LogP contribution in [-0.4, -0.2) is 50.0 Å². The molecule has 3 aromatic heterocycles. The summed E-state index contributed by atoms with van der Waals surface area (Å²) in [4.78, 5) is 35.0. The van der Waals surface area contributed by atoms with Crippen molar-refractivity contribution in [1.82, 2.24) is 25.1 Å². The lowest BCUT2D eigenvalue weighted by Gasteiger charge is -2.19. The quantitative estimate of drug-likeness (QED) is 0.575. The Hall–Kier alpha value is -3.20. The molecule has 1 unspecified atom stereocenters. The lowest BCUT2D eigenvalue weighted by molar-refractivity contribution is 0.0952. The first-order valence-electron chi connectivity index (χ1n) is 10.5. The van der Waals surface area contributed by atoms with Crippen molar-refractivity contribution in [3.8, 4) is 0 Å². The van der Waals surface area contributed by atoms with E-state index in [0.29, 0.717) is 47.5 Å². The Balaban J connectivity index is 1.70. The molecule has 4 heterocycles. The van der Waals surface area contributed by atoms with Crippen LogP contribution in [0.5, 0.6) is 0 Å². The molecule has 1 aliphatic heterocycles. The van der Waals surface area contributed by atoms with Crippen LogP contribution in [-0.2, 0) is 6.54 Å². The van der Waals surface area contributed by atoms with Crippen molar-refractivity contribution < 1.29 is 9.90 Å². The van der Waals surface area contributed by atoms with Gasteiger partial charge in [-0.15, -0.1) is 0 Å². The SMILES string of the molecule is Cc1cc(C)c(CNC(=O)c2cc(N3CCC(O)C3)nc3c2cnn3C(C)C)c(=O)[nH]1. The second kappa shape index (κ2) is 8.14. The molecular formula is C22H28N6O3. The molecule has 1 amide bonds. The Morgan fingerprint density at radius 3 is 2.77 bits per heavy atom. The summed E-state index contributed by atoms with van der Waals surface area (Å²) in [6, 6.07) is 3.71. The fourth-order valence-corrected chi connectivity index (χ4v) is 4.05. The monoisotopic (exact) mass is 424 g/mol. The number of fused-ring (bicyclic) bond motifs is 1. The summed E-state index contributed by atoms with van der Waals surface area (Å²) in [6.45, 7) is 8.98. The highest BCUT2D eigenvalue weighted by molar-refractivity contribution is 6.06. The van der Waals surface area contributed by atoms with Crippen molar-refractivity contribution in [3.05, 3.63) is 51.1 Å². The summed E-state index contributed by atoms with van der Waals surface area (Å²) in [5, 5.41) is 17.9. The minimum Gasteiger partial charge on any atom is -0.391 e. The van der Waals surface area contributed by atoms with E-state index < -0.39 is 6.10 Å². The van der Waals surface area contributed by atoms with Gasteiger partial charge in [-0.2, -0.15) is 5.10 Å². The van der Waals surface area contributed by atoms with Crippen LogP contribution in [0.4, 0.5) is 5.82 Å². The third-order valence-electron chi connectivity index (χ3n) is 5.69. The molecule has 9 nitrogen and oxygen atoms in total. The number of carbonyl (C=O) groups excluding carboxylic acids is 1. The molecule has 0 radical (unpaired) electrons. The lowest BCUT2D eigenvalue weighted by Crippen LogP contribution is -2.29. The van der Waals surface area contributed by atoms with Crippen LogP contribution in [0.15, 0.2) is 23.1 Å². The average molecular weight is 425 g/mol. The Morgan fingerprint density at radius 2 is 2.13 bits per heavy atom. The van der Waals surface area contributed by atoms with E-state index in [0.717, 1.165) is 11.3 Å². The molecule has 0 spiro atoms. The van der Waals surface area contributed by atoms with Gasteiger partial charge in [0.2, 0.25) is 0 Å². The number of anilines is 1. The van der Waals surface area contributed by atoms with Crippen molar-refractivity contribution >= 4 is 22.8 Å². The van der Waals surface area contributed by atoms with Gasteiger partial charge in [-0.3, -0.25) is 9.59 Å². The van der Waals surface area contributed by atoms with Crippen LogP contribution < -0.4 is 15.8 Å². The molecule has 1 atom stereocenters. The summed E-state index contributed by atoms with van der Waals surface area (Å²) in [6.07, 6.45) is 1.92. The van der Waals surface area contributed by atoms with Gasteiger partial charge < -0.3 is 20.3 Å². The fraction of sp³-hybridized carbons (Fsp3) is 0.455. The molecule has 0 bridgehead atoms. The fourth-order valence-electron chi connectivity index (χ4n) is 4.05. The number of aliphatic hydroxyl groups excluding tert-OH is 1. The van der Waals surface area contributed by atoms with E-state index in [4.69, 9.17) is 4.98 Å². The maximum Gasteiger partial charge on any atom is 0.253 e. The van der Waals surface area contributed by atoms with Crippen LogP contribution in [0.3, 0.4) is 0 Å². The number of hydrogen-bond donors (Lipinski definition) is 3. The van der Waals surface area contributed by atoms with Crippen molar-refractivity contribution in [2.75, 3.05) is 18.0 Å². The molecule has 0 aliphatic carbocycles. The van der Waals surface area contributed by atoms with Gasteiger partial charge in [0, 0.05) is 36.9 Å². The first kappa shape index (κ1) is 21.0. The molecule has 3 N–H and O–H groups in total. The number of pyridine rings is 2. The second-order valence-corrected chi connectivity index (χ2v) is 8.46. The normalized spacial score (nSPS) is 16.5. The van der Waals surface area contributed by atoms with Gasteiger partial charge in [0.05, 0.1) is 23.3 Å². The first-order valence-corrected chi connectivity index (χ1v) is 10.5. The van der Waals surface area contributed by atoms with Crippen LogP contribution in [0, 0.1) is 13.8 Å². The van der Waals surface area contributed by atoms with Crippen molar-refractivity contribution in [3.63, 3.8) is 0 Å². The Kier molecular flexibility index (Phi) is 5.53. The van der Waals surface area contributed by atoms with Crippen LogP contribution in [0.25, 0.3) is 11.0 Å². The summed E-state index contributed by atoms with van der Waals surface area (Å²) < 4.78 is 1.79. The topological polar surface area (TPSA) is 116 Å². The minimum atomic E-state index is -0.402. The van der Waals surface area contributed by atoms with E-state index in [1.807, 2.05) is 38.7 Å². The molecule has 31 heavy (non-hydrogen) atoms. The number of amides is 1. The number of nitrogens with zero attached hydrogens (tertiary/aromatic N) is 4. The predicted molar refractivity (Wildman–Crippen MR) is 118 cm³/mol. The number of hydrogen-bond acceptors (Lipinski definition) is 6. The van der Waals surface area contributed by atoms with Gasteiger partial charge in [-0.1, -0.05) is 0 Å².